The van der Waals surface area contributed by atoms with Crippen molar-refractivity contribution >= 4 is 31.9 Å². The van der Waals surface area contributed by atoms with E-state index in [1.165, 1.54) is 12.1 Å². The number of carbonyl (C=O) groups is 1. The Labute approximate surface area is 134 Å². The first kappa shape index (κ1) is 18.1. The lowest BCUT2D eigenvalue weighted by molar-refractivity contribution is -0.121. The summed E-state index contributed by atoms with van der Waals surface area (Å²) in [5.41, 5.74) is 0. The van der Waals surface area contributed by atoms with Crippen LogP contribution in [0.2, 0.25) is 0 Å². The van der Waals surface area contributed by atoms with Gasteiger partial charge in [-0.2, -0.15) is 0 Å². The van der Waals surface area contributed by atoms with E-state index in [2.05, 4.69) is 32.9 Å². The molecule has 0 aliphatic carbocycles. The molecule has 0 aromatic heterocycles. The van der Waals surface area contributed by atoms with Gasteiger partial charge in [0, 0.05) is 23.5 Å². The van der Waals surface area contributed by atoms with Gasteiger partial charge in [0.05, 0.1) is 4.90 Å². The second-order valence-corrected chi connectivity index (χ2v) is 7.54. The fraction of sp³-hybridized carbons (Fsp3) is 0.500. The van der Waals surface area contributed by atoms with Crippen LogP contribution in [-0.4, -0.2) is 26.9 Å². The fourth-order valence-corrected chi connectivity index (χ4v) is 3.14. The minimum atomic E-state index is -3.56. The average molecular weight is 377 g/mol. The third kappa shape index (κ3) is 6.58. The van der Waals surface area contributed by atoms with Crippen molar-refractivity contribution in [2.24, 2.45) is 0 Å². The molecule has 1 atom stereocenters. The highest BCUT2D eigenvalue weighted by Gasteiger charge is 2.14. The van der Waals surface area contributed by atoms with Gasteiger partial charge in [-0.15, -0.1) is 0 Å². The lowest BCUT2D eigenvalue weighted by atomic mass is 10.2. The van der Waals surface area contributed by atoms with Gasteiger partial charge < -0.3 is 5.32 Å². The Balaban J connectivity index is 2.44. The lowest BCUT2D eigenvalue weighted by Gasteiger charge is -2.13. The molecule has 0 saturated carbocycles. The second kappa shape index (κ2) is 8.51. The van der Waals surface area contributed by atoms with Crippen LogP contribution < -0.4 is 10.0 Å². The summed E-state index contributed by atoms with van der Waals surface area (Å²) in [5, 5.41) is 2.83. The number of sulfonamides is 1. The Morgan fingerprint density at radius 2 is 1.90 bits per heavy atom. The zero-order valence-electron chi connectivity index (χ0n) is 12.2. The van der Waals surface area contributed by atoms with E-state index in [-0.39, 0.29) is 29.8 Å². The molecule has 2 N–H and O–H groups in total. The molecule has 1 aromatic carbocycles. The number of nitrogens with one attached hydrogen (secondary N) is 2. The minimum absolute atomic E-state index is 0.0864. The van der Waals surface area contributed by atoms with Gasteiger partial charge in [-0.1, -0.05) is 29.3 Å². The number of benzene rings is 1. The third-order valence-corrected chi connectivity index (χ3v) is 4.90. The van der Waals surface area contributed by atoms with E-state index >= 15 is 0 Å². The van der Waals surface area contributed by atoms with E-state index in [1.54, 1.807) is 12.1 Å². The summed E-state index contributed by atoms with van der Waals surface area (Å²) < 4.78 is 27.2. The molecule has 1 amide bonds. The molecule has 0 fully saturated rings. The number of halogens is 1. The molecule has 0 spiro atoms. The van der Waals surface area contributed by atoms with Crippen molar-refractivity contribution < 1.29 is 13.2 Å². The first-order valence-electron chi connectivity index (χ1n) is 6.89. The molecule has 118 valence electrons. The molecular weight excluding hydrogens is 356 g/mol. The van der Waals surface area contributed by atoms with Crippen LogP contribution >= 0.6 is 15.9 Å². The Morgan fingerprint density at radius 3 is 2.48 bits per heavy atom. The molecule has 7 heteroatoms. The molecule has 0 aliphatic heterocycles. The van der Waals surface area contributed by atoms with Crippen molar-refractivity contribution in [3.05, 3.63) is 28.7 Å². The van der Waals surface area contributed by atoms with Gasteiger partial charge in [-0.05, 0) is 37.6 Å². The van der Waals surface area contributed by atoms with Crippen molar-refractivity contribution in [1.82, 2.24) is 10.0 Å². The van der Waals surface area contributed by atoms with E-state index in [4.69, 9.17) is 0 Å². The average Bonchev–Trinajstić information content (AvgIpc) is 2.39. The minimum Gasteiger partial charge on any atom is -0.354 e. The van der Waals surface area contributed by atoms with Crippen LogP contribution in [0.1, 0.15) is 33.1 Å². The lowest BCUT2D eigenvalue weighted by Crippen LogP contribution is -2.35. The van der Waals surface area contributed by atoms with E-state index in [1.807, 2.05) is 6.92 Å². The predicted octanol–water partition coefficient (Wildman–Crippen LogP) is 2.42. The number of rotatable bonds is 8. The summed E-state index contributed by atoms with van der Waals surface area (Å²) >= 11 is 3.25. The summed E-state index contributed by atoms with van der Waals surface area (Å²) in [5.74, 6) is -0.144. The molecule has 1 aromatic rings. The van der Waals surface area contributed by atoms with Crippen molar-refractivity contribution in [2.75, 3.05) is 6.54 Å². The zero-order valence-corrected chi connectivity index (χ0v) is 14.6. The smallest absolute Gasteiger partial charge is 0.240 e. The molecule has 0 saturated heterocycles. The second-order valence-electron chi connectivity index (χ2n) is 4.86. The first-order valence-corrected chi connectivity index (χ1v) is 9.17. The van der Waals surface area contributed by atoms with E-state index in [9.17, 15) is 13.2 Å². The number of hydrogen-bond donors (Lipinski definition) is 2. The summed E-state index contributed by atoms with van der Waals surface area (Å²) in [7, 11) is -3.56. The molecule has 0 bridgehead atoms. The van der Waals surface area contributed by atoms with Gasteiger partial charge in [0.1, 0.15) is 0 Å². The fourth-order valence-electron chi connectivity index (χ4n) is 1.85. The van der Waals surface area contributed by atoms with Crippen LogP contribution in [0.15, 0.2) is 33.6 Å². The summed E-state index contributed by atoms with van der Waals surface area (Å²) in [6.07, 6.45) is 2.04. The summed E-state index contributed by atoms with van der Waals surface area (Å²) in [6, 6.07) is 6.46. The largest absolute Gasteiger partial charge is 0.354 e. The Morgan fingerprint density at radius 1 is 1.29 bits per heavy atom. The van der Waals surface area contributed by atoms with Crippen molar-refractivity contribution in [2.45, 2.75) is 44.0 Å². The van der Waals surface area contributed by atoms with E-state index < -0.39 is 10.0 Å². The number of hydrogen-bond acceptors (Lipinski definition) is 3. The van der Waals surface area contributed by atoms with Gasteiger partial charge in [-0.3, -0.25) is 4.79 Å². The Bertz CT molecular complexity index is 558. The zero-order chi connectivity index (χ0) is 15.9. The summed E-state index contributed by atoms with van der Waals surface area (Å²) in [6.45, 7) is 4.07. The molecule has 0 radical (unpaired) electrons. The van der Waals surface area contributed by atoms with Crippen molar-refractivity contribution in [3.63, 3.8) is 0 Å². The standard InChI is InChI=1S/C14H21BrN2O3S/c1-3-4-11(2)17-14(18)9-10-16-21(19,20)13-7-5-12(15)6-8-13/h5-8,11,16H,3-4,9-10H2,1-2H3,(H,17,18). The number of amides is 1. The first-order chi connectivity index (χ1) is 9.85. The molecule has 21 heavy (non-hydrogen) atoms. The van der Waals surface area contributed by atoms with Crippen LogP contribution in [0.3, 0.4) is 0 Å². The maximum Gasteiger partial charge on any atom is 0.240 e. The molecule has 5 nitrogen and oxygen atoms in total. The highest BCUT2D eigenvalue weighted by molar-refractivity contribution is 9.10. The normalized spacial score (nSPS) is 12.9. The topological polar surface area (TPSA) is 75.3 Å². The van der Waals surface area contributed by atoms with Gasteiger partial charge in [0.15, 0.2) is 0 Å². The molecule has 0 aliphatic rings. The van der Waals surface area contributed by atoms with Gasteiger partial charge in [0.2, 0.25) is 15.9 Å². The maximum absolute atomic E-state index is 12.0. The summed E-state index contributed by atoms with van der Waals surface area (Å²) in [4.78, 5) is 11.8. The Hall–Kier alpha value is -0.920. The highest BCUT2D eigenvalue weighted by atomic mass is 79.9. The molecular formula is C14H21BrN2O3S. The van der Waals surface area contributed by atoms with Gasteiger partial charge in [-0.25, -0.2) is 13.1 Å². The Kier molecular flexibility index (Phi) is 7.34. The van der Waals surface area contributed by atoms with Gasteiger partial charge in [0.25, 0.3) is 0 Å². The maximum atomic E-state index is 12.0. The predicted molar refractivity (Wildman–Crippen MR) is 86.5 cm³/mol. The van der Waals surface area contributed by atoms with Gasteiger partial charge >= 0.3 is 0 Å². The van der Waals surface area contributed by atoms with Crippen LogP contribution in [0.5, 0.6) is 0 Å². The van der Waals surface area contributed by atoms with E-state index in [0.717, 1.165) is 17.3 Å². The van der Waals surface area contributed by atoms with Crippen LogP contribution in [0, 0.1) is 0 Å². The molecule has 1 unspecified atom stereocenters. The molecule has 1 rings (SSSR count). The van der Waals surface area contributed by atoms with E-state index in [0.29, 0.717) is 0 Å². The monoisotopic (exact) mass is 376 g/mol. The molecule has 0 heterocycles. The SMILES string of the molecule is CCCC(C)NC(=O)CCNS(=O)(=O)c1ccc(Br)cc1. The number of carbonyl (C=O) groups excluding carboxylic acids is 1. The van der Waals surface area contributed by atoms with Crippen LogP contribution in [-0.2, 0) is 14.8 Å². The van der Waals surface area contributed by atoms with Crippen molar-refractivity contribution in [1.29, 1.82) is 0 Å². The van der Waals surface area contributed by atoms with Crippen LogP contribution in [0.4, 0.5) is 0 Å². The quantitative estimate of drug-likeness (QED) is 0.731. The third-order valence-electron chi connectivity index (χ3n) is 2.90. The van der Waals surface area contributed by atoms with Crippen molar-refractivity contribution in [3.8, 4) is 0 Å². The highest BCUT2D eigenvalue weighted by Crippen LogP contribution is 2.14. The van der Waals surface area contributed by atoms with Crippen LogP contribution in [0.25, 0.3) is 0 Å².